The fourth-order valence-corrected chi connectivity index (χ4v) is 4.60. The molecule has 0 saturated carbocycles. The fraction of sp³-hybridized carbons (Fsp3) is 0.0968. The van der Waals surface area contributed by atoms with E-state index in [0.717, 1.165) is 23.2 Å². The van der Waals surface area contributed by atoms with Crippen molar-refractivity contribution in [3.05, 3.63) is 142 Å². The van der Waals surface area contributed by atoms with E-state index in [2.05, 4.69) is 12.1 Å². The van der Waals surface area contributed by atoms with E-state index in [0.29, 0.717) is 34.5 Å². The van der Waals surface area contributed by atoms with Gasteiger partial charge in [-0.05, 0) is 53.9 Å². The fourth-order valence-electron chi connectivity index (χ4n) is 4.24. The molecule has 4 nitrogen and oxygen atoms in total. The van der Waals surface area contributed by atoms with Gasteiger partial charge < -0.3 is 4.90 Å². The van der Waals surface area contributed by atoms with E-state index in [-0.39, 0.29) is 5.91 Å². The molecule has 0 bridgehead atoms. The third kappa shape index (κ3) is 5.93. The normalized spacial score (nSPS) is 10.9. The number of halogens is 2. The van der Waals surface area contributed by atoms with E-state index in [9.17, 15) is 4.79 Å². The van der Waals surface area contributed by atoms with Crippen LogP contribution in [0.4, 0.5) is 0 Å². The number of amides is 1. The van der Waals surface area contributed by atoms with Crippen LogP contribution in [0, 0.1) is 0 Å². The zero-order valence-electron chi connectivity index (χ0n) is 20.1. The summed E-state index contributed by atoms with van der Waals surface area (Å²) >= 11 is 12.6. The van der Waals surface area contributed by atoms with Crippen LogP contribution in [0.3, 0.4) is 0 Å². The molecule has 0 spiro atoms. The van der Waals surface area contributed by atoms with Crippen molar-refractivity contribution in [3.8, 4) is 16.9 Å². The van der Waals surface area contributed by atoms with Crippen molar-refractivity contribution < 1.29 is 4.79 Å². The van der Waals surface area contributed by atoms with Gasteiger partial charge in [0.15, 0.2) is 0 Å². The van der Waals surface area contributed by atoms with Crippen molar-refractivity contribution in [2.75, 3.05) is 6.54 Å². The van der Waals surface area contributed by atoms with E-state index >= 15 is 0 Å². The second-order valence-electron chi connectivity index (χ2n) is 8.73. The molecular weight excluding hydrogens is 501 g/mol. The first-order valence-corrected chi connectivity index (χ1v) is 12.8. The maximum atomic E-state index is 14.2. The number of hydrogen-bond donors (Lipinski definition) is 0. The highest BCUT2D eigenvalue weighted by Gasteiger charge is 2.24. The number of hydrogen-bond acceptors (Lipinski definition) is 2. The molecule has 37 heavy (non-hydrogen) atoms. The maximum Gasteiger partial charge on any atom is 0.272 e. The van der Waals surface area contributed by atoms with Gasteiger partial charge in [-0.25, -0.2) is 4.68 Å². The van der Waals surface area contributed by atoms with Gasteiger partial charge in [0.1, 0.15) is 5.69 Å². The molecule has 0 atom stereocenters. The lowest BCUT2D eigenvalue weighted by Gasteiger charge is -2.23. The van der Waals surface area contributed by atoms with E-state index in [1.165, 1.54) is 5.56 Å². The van der Waals surface area contributed by atoms with Crippen molar-refractivity contribution in [2.45, 2.75) is 13.0 Å². The monoisotopic (exact) mass is 525 g/mol. The largest absolute Gasteiger partial charge is 0.333 e. The van der Waals surface area contributed by atoms with Crippen molar-refractivity contribution in [1.29, 1.82) is 0 Å². The minimum Gasteiger partial charge on any atom is -0.333 e. The molecular formula is C31H25Cl2N3O. The Morgan fingerprint density at radius 2 is 1.38 bits per heavy atom. The highest BCUT2D eigenvalue weighted by Crippen LogP contribution is 2.29. The number of aromatic nitrogens is 2. The number of carbonyl (C=O) groups is 1. The molecule has 5 aromatic rings. The Morgan fingerprint density at radius 3 is 2.05 bits per heavy atom. The Hall–Kier alpha value is -3.86. The smallest absolute Gasteiger partial charge is 0.272 e. The summed E-state index contributed by atoms with van der Waals surface area (Å²) in [6.07, 6.45) is 0.742. The molecule has 0 fully saturated rings. The molecule has 4 aromatic carbocycles. The molecule has 1 aromatic heterocycles. The summed E-state index contributed by atoms with van der Waals surface area (Å²) in [7, 11) is 0. The molecule has 6 heteroatoms. The van der Waals surface area contributed by atoms with Crippen LogP contribution in [0.2, 0.25) is 10.0 Å². The van der Waals surface area contributed by atoms with Crippen LogP contribution < -0.4 is 0 Å². The number of benzene rings is 4. The molecule has 0 unspecified atom stereocenters. The quantitative estimate of drug-likeness (QED) is 0.208. The summed E-state index contributed by atoms with van der Waals surface area (Å²) in [5.74, 6) is -0.111. The van der Waals surface area contributed by atoms with Gasteiger partial charge in [0.05, 0.1) is 16.4 Å². The van der Waals surface area contributed by atoms with Crippen molar-refractivity contribution >= 4 is 29.1 Å². The summed E-state index contributed by atoms with van der Waals surface area (Å²) in [5, 5.41) is 6.00. The topological polar surface area (TPSA) is 38.1 Å². The lowest BCUT2D eigenvalue weighted by Crippen LogP contribution is -2.34. The predicted molar refractivity (Wildman–Crippen MR) is 150 cm³/mol. The second kappa shape index (κ2) is 11.5. The zero-order chi connectivity index (χ0) is 25.6. The van der Waals surface area contributed by atoms with E-state index in [4.69, 9.17) is 28.3 Å². The third-order valence-electron chi connectivity index (χ3n) is 6.17. The van der Waals surface area contributed by atoms with Gasteiger partial charge in [0.2, 0.25) is 0 Å². The summed E-state index contributed by atoms with van der Waals surface area (Å²) < 4.78 is 1.68. The standard InChI is InChI=1S/C31H25Cl2N3O/c32-25-15-17-26(18-16-25)36-30(21-29(34-36)27-13-7-8-14-28(27)33)31(37)35(22-24-11-5-2-6-12-24)20-19-23-9-3-1-4-10-23/h1-18,21H,19-20,22H2. The molecule has 5 rings (SSSR count). The van der Waals surface area contributed by atoms with Crippen LogP contribution in [0.1, 0.15) is 21.6 Å². The molecule has 0 saturated heterocycles. The molecule has 0 aliphatic rings. The van der Waals surface area contributed by atoms with Crippen LogP contribution in [-0.2, 0) is 13.0 Å². The zero-order valence-corrected chi connectivity index (χ0v) is 21.6. The minimum atomic E-state index is -0.111. The van der Waals surface area contributed by atoms with Gasteiger partial charge in [-0.1, -0.05) is 102 Å². The van der Waals surface area contributed by atoms with Crippen LogP contribution in [0.15, 0.2) is 115 Å². The molecule has 184 valence electrons. The Bertz CT molecular complexity index is 1480. The lowest BCUT2D eigenvalue weighted by atomic mass is 10.1. The van der Waals surface area contributed by atoms with Crippen LogP contribution in [0.5, 0.6) is 0 Å². The van der Waals surface area contributed by atoms with Gasteiger partial charge >= 0.3 is 0 Å². The predicted octanol–water partition coefficient (Wildman–Crippen LogP) is 7.73. The minimum absolute atomic E-state index is 0.111. The van der Waals surface area contributed by atoms with Crippen molar-refractivity contribution in [1.82, 2.24) is 14.7 Å². The average molecular weight is 526 g/mol. The highest BCUT2D eigenvalue weighted by molar-refractivity contribution is 6.33. The van der Waals surface area contributed by atoms with Gasteiger partial charge in [0.25, 0.3) is 5.91 Å². The SMILES string of the molecule is O=C(c1cc(-c2ccccc2Cl)nn1-c1ccc(Cl)cc1)N(CCc1ccccc1)Cc1ccccc1. The molecule has 1 amide bonds. The Labute approximate surface area is 226 Å². The van der Waals surface area contributed by atoms with Gasteiger partial charge in [-0.3, -0.25) is 4.79 Å². The first-order valence-electron chi connectivity index (χ1n) is 12.1. The summed E-state index contributed by atoms with van der Waals surface area (Å²) in [6, 6.07) is 36.8. The molecule has 0 radical (unpaired) electrons. The highest BCUT2D eigenvalue weighted by atomic mass is 35.5. The van der Waals surface area contributed by atoms with Crippen molar-refractivity contribution in [2.24, 2.45) is 0 Å². The second-order valence-corrected chi connectivity index (χ2v) is 9.57. The summed E-state index contributed by atoms with van der Waals surface area (Å²) in [5.41, 5.74) is 4.84. The maximum absolute atomic E-state index is 14.2. The van der Waals surface area contributed by atoms with E-state index < -0.39 is 0 Å². The number of nitrogens with zero attached hydrogens (tertiary/aromatic N) is 3. The Balaban J connectivity index is 1.55. The van der Waals surface area contributed by atoms with E-state index in [1.807, 2.05) is 95.9 Å². The average Bonchev–Trinajstić information content (AvgIpc) is 3.37. The van der Waals surface area contributed by atoms with Crippen LogP contribution in [-0.4, -0.2) is 27.1 Å². The van der Waals surface area contributed by atoms with Gasteiger partial charge in [-0.2, -0.15) is 5.10 Å². The summed E-state index contributed by atoms with van der Waals surface area (Å²) in [6.45, 7) is 1.05. The Kier molecular flexibility index (Phi) is 7.69. The van der Waals surface area contributed by atoms with Gasteiger partial charge in [0, 0.05) is 23.7 Å². The number of carbonyl (C=O) groups excluding carboxylic acids is 1. The lowest BCUT2D eigenvalue weighted by molar-refractivity contribution is 0.0736. The third-order valence-corrected chi connectivity index (χ3v) is 6.75. The molecule has 0 aliphatic carbocycles. The number of rotatable bonds is 8. The van der Waals surface area contributed by atoms with E-state index in [1.54, 1.807) is 16.8 Å². The van der Waals surface area contributed by atoms with Gasteiger partial charge in [-0.15, -0.1) is 0 Å². The van der Waals surface area contributed by atoms with Crippen LogP contribution in [0.25, 0.3) is 16.9 Å². The molecule has 0 N–H and O–H groups in total. The molecule has 0 aliphatic heterocycles. The Morgan fingerprint density at radius 1 is 0.757 bits per heavy atom. The van der Waals surface area contributed by atoms with Crippen molar-refractivity contribution in [3.63, 3.8) is 0 Å². The first-order chi connectivity index (χ1) is 18.1. The summed E-state index contributed by atoms with van der Waals surface area (Å²) in [4.78, 5) is 16.0. The first kappa shape index (κ1) is 24.8. The van der Waals surface area contributed by atoms with Crippen LogP contribution >= 0.6 is 23.2 Å². The molecule has 1 heterocycles.